The summed E-state index contributed by atoms with van der Waals surface area (Å²) in [6, 6.07) is 93.2. The molecule has 0 saturated heterocycles. The van der Waals surface area contributed by atoms with Crippen molar-refractivity contribution in [1.29, 1.82) is 0 Å². The van der Waals surface area contributed by atoms with E-state index in [4.69, 9.17) is 24.1 Å². The highest BCUT2D eigenvalue weighted by atomic mass is 32.2. The Balaban J connectivity index is 0. The summed E-state index contributed by atoms with van der Waals surface area (Å²) in [6.07, 6.45) is 8.09. The lowest BCUT2D eigenvalue weighted by atomic mass is 9.89. The number of fused-ring (bicyclic) bond motifs is 1. The second-order valence-electron chi connectivity index (χ2n) is 30.1. The lowest BCUT2D eigenvalue weighted by molar-refractivity contribution is -0.247. The molecular weight excluding hydrogens is 1720 g/mol. The van der Waals surface area contributed by atoms with Crippen LogP contribution in [0.5, 0.6) is 28.7 Å². The third-order valence-electron chi connectivity index (χ3n) is 20.6. The summed E-state index contributed by atoms with van der Waals surface area (Å²) in [6.45, 7) is 23.7. The molecule has 0 radical (unpaired) electrons. The van der Waals surface area contributed by atoms with Crippen molar-refractivity contribution in [2.45, 2.75) is 258 Å². The van der Waals surface area contributed by atoms with Crippen molar-refractivity contribution >= 4 is 54.0 Å². The Labute approximate surface area is 775 Å². The second-order valence-corrected chi connectivity index (χ2v) is 37.2. The molecule has 3 unspecified atom stereocenters. The van der Waals surface area contributed by atoms with Crippen LogP contribution in [0.15, 0.2) is 314 Å². The van der Waals surface area contributed by atoms with Crippen LogP contribution in [0.25, 0.3) is 11.1 Å². The molecule has 3 atom stereocenters. The van der Waals surface area contributed by atoms with Crippen molar-refractivity contribution in [1.82, 2.24) is 0 Å². The number of aryl methyl sites for hydroxylation is 3. The number of aromatic hydroxyl groups is 1. The van der Waals surface area contributed by atoms with Gasteiger partial charge in [-0.05, 0) is 258 Å². The first-order chi connectivity index (χ1) is 57.3. The number of methoxy groups -OCH3 is 2. The van der Waals surface area contributed by atoms with Crippen LogP contribution in [0.2, 0.25) is 0 Å². The first kappa shape index (κ1) is 121. The molecule has 129 heavy (non-hydrogen) atoms. The second kappa shape index (κ2) is 55.7. The van der Waals surface area contributed by atoms with Gasteiger partial charge in [0.05, 0.1) is 46.8 Å². The van der Waals surface area contributed by atoms with Gasteiger partial charge in [0.15, 0.2) is 39.5 Å². The highest BCUT2D eigenvalue weighted by Gasteiger charge is 2.81. The summed E-state index contributed by atoms with van der Waals surface area (Å²) in [7, 11) is -11.0. The Hall–Kier alpha value is -10.3. The number of halogens is 6. The van der Waals surface area contributed by atoms with Gasteiger partial charge in [0, 0.05) is 12.1 Å². The number of hydrogen-bond donors (Lipinski definition) is 1. The van der Waals surface area contributed by atoms with Crippen LogP contribution in [0.1, 0.15) is 225 Å². The SMILES string of the molecule is C.C.C.C.C.C.C.C.CCC(C)(C)C(=O)OC(C)c1ccc2c(c1)CCCC2.CCC(C)(C)C(=O)Oc1ccc(-c2ccccc2)cc1.CCC(C)c1ccc(O)cc1.CCC(C)c1ccc(OS(=O)(=O)C(F)(F)C(F)(F)C(F)(F)S(=O)(=O)[O-])cc1.COc1cccc([S+](c2cccc(C)c2)c2cccc(OC)c2)c1.c1ccc([S+](c2ccccc2)c2ccccc2)cc1. The Morgan fingerprint density at radius 1 is 0.411 bits per heavy atom. The van der Waals surface area contributed by atoms with Crippen LogP contribution in [0.3, 0.4) is 0 Å². The number of hydrogen-bond acceptors (Lipinski definition) is 13. The predicted octanol–water partition coefficient (Wildman–Crippen LogP) is 30.5. The van der Waals surface area contributed by atoms with Gasteiger partial charge in [-0.2, -0.15) is 34.8 Å². The molecule has 23 heteroatoms. The zero-order valence-corrected chi connectivity index (χ0v) is 74.0. The average Bonchev–Trinajstić information content (AvgIpc) is 0.721. The largest absolute Gasteiger partial charge is 0.743 e. The Morgan fingerprint density at radius 2 is 0.767 bits per heavy atom. The molecule has 0 bridgehead atoms. The third kappa shape index (κ3) is 33.6. The molecule has 0 aliphatic heterocycles. The molecule has 1 aliphatic carbocycles. The van der Waals surface area contributed by atoms with Crippen molar-refractivity contribution in [2.75, 3.05) is 14.2 Å². The molecule has 11 aromatic rings. The molecule has 12 rings (SSSR count). The number of ether oxygens (including phenoxy) is 4. The lowest BCUT2D eigenvalue weighted by Crippen LogP contribution is -2.61. The van der Waals surface area contributed by atoms with Gasteiger partial charge in [0.1, 0.15) is 34.9 Å². The van der Waals surface area contributed by atoms with Crippen molar-refractivity contribution in [3.8, 4) is 39.9 Å². The van der Waals surface area contributed by atoms with Crippen LogP contribution < -0.4 is 18.4 Å². The molecule has 11 aromatic carbocycles. The summed E-state index contributed by atoms with van der Waals surface area (Å²) in [5, 5.41) is -4.64. The standard InChI is InChI=1S/C21H21O2S.C18H26O2.C18H20O2.C18H15S.C13H14F6O6S2.C10H14O.8CH4/c1-16-7-4-10-19(13-16)24(20-11-5-8-17(14-20)22-2)21-12-6-9-18(15-21)23-3;1-5-18(3,4)17(19)20-13(2)15-11-10-14-8-6-7-9-16(14)12-15;1-4-18(2,3)17(19)20-16-12-10-15(11-13-16)14-8-6-5-7-9-14;1-4-10-16(11-5-1)19(17-12-6-2-7-13-17)18-14-8-3-9-15-18;1-3-8(2)9-4-6-10(7-5-9)25-27(23,24)13(18,19)11(14,15)12(16,17)26(20,21)22;1-3-8(2)9-4-6-10(11)7-5-9;;;;;;;;/h4-15H,1-3H3;10-13H,5-9H2,1-4H3;5-13H,4H2,1-3H3;1-15H;4-8H,3H2,1-2H3,(H,20,21,22);4-8,11H,3H2,1-2H3;8*1H4/q+1;;;+1;;;;;;;;;;/p-1. The maximum absolute atomic E-state index is 13.6. The monoisotopic (exact) mass is 1860 g/mol. The molecule has 1 N–H and O–H groups in total. The van der Waals surface area contributed by atoms with Gasteiger partial charge in [0.25, 0.3) is 0 Å². The topological polar surface area (TPSA) is 192 Å². The average molecular weight is 1870 g/mol. The quantitative estimate of drug-likeness (QED) is 0.0135. The minimum absolute atomic E-state index is 0. The lowest BCUT2D eigenvalue weighted by Gasteiger charge is -2.32. The molecule has 1 aliphatic rings. The summed E-state index contributed by atoms with van der Waals surface area (Å²) in [5.41, 5.74) is 8.61. The summed E-state index contributed by atoms with van der Waals surface area (Å²) in [4.78, 5) is 32.0. The molecule has 0 aromatic heterocycles. The fourth-order valence-corrected chi connectivity index (χ4v) is 17.5. The number of phenols is 1. The van der Waals surface area contributed by atoms with E-state index in [2.05, 4.69) is 195 Å². The molecule has 0 heterocycles. The van der Waals surface area contributed by atoms with E-state index >= 15 is 0 Å². The van der Waals surface area contributed by atoms with Crippen LogP contribution in [0.4, 0.5) is 26.3 Å². The number of carbonyl (C=O) groups is 2. The Bertz CT molecular complexity index is 5140. The number of esters is 2. The van der Waals surface area contributed by atoms with Crippen molar-refractivity contribution in [2.24, 2.45) is 10.8 Å². The molecule has 0 amide bonds. The fourth-order valence-electron chi connectivity index (χ4n) is 11.7. The third-order valence-corrected chi connectivity index (χ3v) is 27.2. The van der Waals surface area contributed by atoms with E-state index in [0.717, 1.165) is 66.0 Å². The summed E-state index contributed by atoms with van der Waals surface area (Å²) in [5.74, 6) is -5.05. The van der Waals surface area contributed by atoms with Crippen molar-refractivity contribution < 1.29 is 85.6 Å². The molecule has 0 fully saturated rings. The highest BCUT2D eigenvalue weighted by Crippen LogP contribution is 2.51. The Kier molecular flexibility index (Phi) is 52.1. The molecular formula is C106H141F6O13S4+. The fraction of sp³-hybridized carbons (Fsp3) is 0.358. The highest BCUT2D eigenvalue weighted by molar-refractivity contribution is 7.97. The van der Waals surface area contributed by atoms with E-state index in [1.54, 1.807) is 33.3 Å². The van der Waals surface area contributed by atoms with Gasteiger partial charge in [-0.1, -0.05) is 265 Å². The van der Waals surface area contributed by atoms with Crippen LogP contribution >= 0.6 is 0 Å². The zero-order chi connectivity index (χ0) is 88.9. The van der Waals surface area contributed by atoms with E-state index in [1.165, 1.54) is 83.0 Å². The van der Waals surface area contributed by atoms with E-state index in [1.807, 2.05) is 134 Å². The van der Waals surface area contributed by atoms with E-state index in [9.17, 15) is 57.3 Å². The number of phenolic OH excluding ortho intramolecular Hbond substituents is 1. The Morgan fingerprint density at radius 3 is 1.17 bits per heavy atom. The van der Waals surface area contributed by atoms with E-state index in [0.29, 0.717) is 29.4 Å². The van der Waals surface area contributed by atoms with Crippen LogP contribution in [-0.4, -0.2) is 69.1 Å². The minimum Gasteiger partial charge on any atom is -0.743 e. The van der Waals surface area contributed by atoms with Gasteiger partial charge in [-0.25, -0.2) is 8.42 Å². The van der Waals surface area contributed by atoms with Gasteiger partial charge >= 0.3 is 38.5 Å². The summed E-state index contributed by atoms with van der Waals surface area (Å²) < 4.78 is 159. The number of alkyl halides is 6. The van der Waals surface area contributed by atoms with Crippen molar-refractivity contribution in [3.63, 3.8) is 0 Å². The number of rotatable bonds is 26. The molecule has 0 spiro atoms. The zero-order valence-electron chi connectivity index (χ0n) is 70.8. The molecule has 0 saturated carbocycles. The maximum atomic E-state index is 13.6. The predicted molar refractivity (Wildman–Crippen MR) is 524 cm³/mol. The maximum Gasteiger partial charge on any atom is 0.450 e. The normalized spacial score (nSPS) is 12.1. The van der Waals surface area contributed by atoms with Crippen LogP contribution in [-0.2, 0) is 69.2 Å². The van der Waals surface area contributed by atoms with Gasteiger partial charge in [-0.15, -0.1) is 0 Å². The molecule has 708 valence electrons. The number of carbonyl (C=O) groups excluding carboxylic acids is 2. The number of benzene rings is 11. The van der Waals surface area contributed by atoms with Gasteiger partial charge in [-0.3, -0.25) is 9.59 Å². The van der Waals surface area contributed by atoms with Crippen molar-refractivity contribution in [3.05, 3.63) is 318 Å². The van der Waals surface area contributed by atoms with Crippen LogP contribution in [0, 0.1) is 17.8 Å². The van der Waals surface area contributed by atoms with Gasteiger partial charge in [0.2, 0.25) is 0 Å². The minimum atomic E-state index is -7.33. The smallest absolute Gasteiger partial charge is 0.450 e. The van der Waals surface area contributed by atoms with E-state index in [-0.39, 0.29) is 105 Å². The molecule has 13 nitrogen and oxygen atoms in total. The first-order valence-electron chi connectivity index (χ1n) is 39.9. The first-order valence-corrected chi connectivity index (χ1v) is 45.2. The van der Waals surface area contributed by atoms with E-state index < -0.39 is 53.2 Å². The van der Waals surface area contributed by atoms with Gasteiger partial charge < -0.3 is 32.8 Å². The summed E-state index contributed by atoms with van der Waals surface area (Å²) >= 11 is 0.